The van der Waals surface area contributed by atoms with Crippen LogP contribution in [0.5, 0.6) is 0 Å². The van der Waals surface area contributed by atoms with Crippen LogP contribution in [-0.2, 0) is 13.0 Å². The molecule has 0 amide bonds. The van der Waals surface area contributed by atoms with Gasteiger partial charge in [0.1, 0.15) is 11.3 Å². The fourth-order valence-electron chi connectivity index (χ4n) is 2.66. The molecule has 4 nitrogen and oxygen atoms in total. The van der Waals surface area contributed by atoms with Gasteiger partial charge in [0, 0.05) is 12.6 Å². The highest BCUT2D eigenvalue weighted by Gasteiger charge is 2.14. The number of imidazole rings is 1. The highest BCUT2D eigenvalue weighted by atomic mass is 35.5. The summed E-state index contributed by atoms with van der Waals surface area (Å²) in [6, 6.07) is 11.7. The number of nitriles is 1. The maximum atomic E-state index is 9.30. The summed E-state index contributed by atoms with van der Waals surface area (Å²) < 4.78 is 2.09. The minimum absolute atomic E-state index is 0.585. The van der Waals surface area contributed by atoms with Gasteiger partial charge in [-0.3, -0.25) is 0 Å². The van der Waals surface area contributed by atoms with Crippen molar-refractivity contribution in [3.63, 3.8) is 0 Å². The van der Waals surface area contributed by atoms with Gasteiger partial charge in [0.05, 0.1) is 23.2 Å². The first-order chi connectivity index (χ1) is 11.2. The van der Waals surface area contributed by atoms with E-state index in [0.717, 1.165) is 41.8 Å². The van der Waals surface area contributed by atoms with Gasteiger partial charge in [0.25, 0.3) is 0 Å². The maximum Gasteiger partial charge on any atom is 0.160 e. The van der Waals surface area contributed by atoms with E-state index in [4.69, 9.17) is 16.6 Å². The van der Waals surface area contributed by atoms with Gasteiger partial charge in [-0.1, -0.05) is 43.1 Å². The molecule has 23 heavy (non-hydrogen) atoms. The Morgan fingerprint density at radius 2 is 2.13 bits per heavy atom. The molecule has 3 aromatic rings. The van der Waals surface area contributed by atoms with Gasteiger partial charge in [-0.25, -0.2) is 9.97 Å². The molecule has 1 aromatic carbocycles. The van der Waals surface area contributed by atoms with E-state index in [0.29, 0.717) is 17.1 Å². The normalized spacial score (nSPS) is 10.8. The predicted octanol–water partition coefficient (Wildman–Crippen LogP) is 4.35. The summed E-state index contributed by atoms with van der Waals surface area (Å²) in [5, 5.41) is 9.88. The summed E-state index contributed by atoms with van der Waals surface area (Å²) in [6.07, 6.45) is 4.70. The second kappa shape index (κ2) is 6.80. The molecular formula is C18H17ClN4. The first-order valence-corrected chi connectivity index (χ1v) is 8.09. The van der Waals surface area contributed by atoms with Crippen molar-refractivity contribution in [2.24, 2.45) is 0 Å². The number of pyridine rings is 1. The van der Waals surface area contributed by atoms with Crippen LogP contribution in [0.4, 0.5) is 0 Å². The quantitative estimate of drug-likeness (QED) is 0.701. The molecule has 0 aliphatic heterocycles. The molecule has 0 spiro atoms. The lowest BCUT2D eigenvalue weighted by atomic mass is 10.1. The molecule has 5 heteroatoms. The van der Waals surface area contributed by atoms with Crippen molar-refractivity contribution in [2.75, 3.05) is 0 Å². The van der Waals surface area contributed by atoms with Gasteiger partial charge in [0.2, 0.25) is 0 Å². The molecule has 0 atom stereocenters. The highest BCUT2D eigenvalue weighted by Crippen LogP contribution is 2.21. The topological polar surface area (TPSA) is 54.5 Å². The summed E-state index contributed by atoms with van der Waals surface area (Å²) >= 11 is 6.04. The first-order valence-electron chi connectivity index (χ1n) is 7.71. The number of benzene rings is 1. The zero-order chi connectivity index (χ0) is 16.2. The molecule has 2 aromatic heterocycles. The Hall–Kier alpha value is -2.38. The monoisotopic (exact) mass is 324 g/mol. The maximum absolute atomic E-state index is 9.30. The number of fused-ring (bicyclic) bond motifs is 1. The molecule has 0 bridgehead atoms. The Bertz CT molecular complexity index is 876. The van der Waals surface area contributed by atoms with Crippen molar-refractivity contribution in [1.29, 1.82) is 5.26 Å². The second-order valence-corrected chi connectivity index (χ2v) is 5.92. The van der Waals surface area contributed by atoms with Crippen LogP contribution in [-0.4, -0.2) is 14.5 Å². The van der Waals surface area contributed by atoms with Crippen LogP contribution in [0.15, 0.2) is 36.5 Å². The van der Waals surface area contributed by atoms with Crippen LogP contribution in [0.25, 0.3) is 11.2 Å². The third-order valence-corrected chi connectivity index (χ3v) is 4.06. The third-order valence-electron chi connectivity index (χ3n) is 3.85. The van der Waals surface area contributed by atoms with Crippen LogP contribution in [0.2, 0.25) is 5.02 Å². The SMILES string of the molecule is CCCCc1nc2cc(Cl)cnc2n1Cc1ccccc1C#N. The largest absolute Gasteiger partial charge is 0.308 e. The smallest absolute Gasteiger partial charge is 0.160 e. The van der Waals surface area contributed by atoms with E-state index in [1.165, 1.54) is 0 Å². The molecular weight excluding hydrogens is 308 g/mol. The molecule has 0 unspecified atom stereocenters. The van der Waals surface area contributed by atoms with Gasteiger partial charge in [-0.2, -0.15) is 5.26 Å². The fraction of sp³-hybridized carbons (Fsp3) is 0.278. The number of rotatable bonds is 5. The molecule has 0 saturated heterocycles. The molecule has 2 heterocycles. The van der Waals surface area contributed by atoms with E-state index >= 15 is 0 Å². The van der Waals surface area contributed by atoms with Crippen LogP contribution < -0.4 is 0 Å². The molecule has 0 radical (unpaired) electrons. The summed E-state index contributed by atoms with van der Waals surface area (Å²) in [6.45, 7) is 2.75. The Morgan fingerprint density at radius 3 is 2.91 bits per heavy atom. The van der Waals surface area contributed by atoms with E-state index in [-0.39, 0.29) is 0 Å². The van der Waals surface area contributed by atoms with E-state index in [1.807, 2.05) is 30.3 Å². The van der Waals surface area contributed by atoms with Crippen molar-refractivity contribution in [1.82, 2.24) is 14.5 Å². The standard InChI is InChI=1S/C18H17ClN4/c1-2-3-8-17-22-16-9-15(19)11-21-18(16)23(17)12-14-7-5-4-6-13(14)10-20/h4-7,9,11H,2-3,8,12H2,1H3. The first kappa shape index (κ1) is 15.5. The zero-order valence-corrected chi connectivity index (χ0v) is 13.7. The average Bonchev–Trinajstić information content (AvgIpc) is 2.90. The van der Waals surface area contributed by atoms with Gasteiger partial charge >= 0.3 is 0 Å². The third kappa shape index (κ3) is 3.20. The van der Waals surface area contributed by atoms with Gasteiger partial charge in [-0.05, 0) is 24.1 Å². The zero-order valence-electron chi connectivity index (χ0n) is 13.0. The van der Waals surface area contributed by atoms with Gasteiger partial charge in [0.15, 0.2) is 5.65 Å². The molecule has 0 aliphatic rings. The predicted molar refractivity (Wildman–Crippen MR) is 91.4 cm³/mol. The number of aromatic nitrogens is 3. The Balaban J connectivity index is 2.08. The number of unbranched alkanes of at least 4 members (excludes halogenated alkanes) is 1. The van der Waals surface area contributed by atoms with Crippen LogP contribution in [0, 0.1) is 11.3 Å². The Kier molecular flexibility index (Phi) is 4.59. The van der Waals surface area contributed by atoms with Crippen molar-refractivity contribution < 1.29 is 0 Å². The van der Waals surface area contributed by atoms with Crippen LogP contribution in [0.1, 0.15) is 36.7 Å². The molecule has 0 saturated carbocycles. The fourth-order valence-corrected chi connectivity index (χ4v) is 2.81. The van der Waals surface area contributed by atoms with Crippen molar-refractivity contribution in [2.45, 2.75) is 32.7 Å². The summed E-state index contributed by atoms with van der Waals surface area (Å²) in [4.78, 5) is 9.14. The molecule has 116 valence electrons. The van der Waals surface area contributed by atoms with E-state index in [9.17, 15) is 5.26 Å². The van der Waals surface area contributed by atoms with E-state index < -0.39 is 0 Å². The molecule has 0 fully saturated rings. The lowest BCUT2D eigenvalue weighted by Crippen LogP contribution is -2.07. The van der Waals surface area contributed by atoms with Gasteiger partial charge < -0.3 is 4.57 Å². The lowest BCUT2D eigenvalue weighted by molar-refractivity contribution is 0.686. The number of nitrogens with zero attached hydrogens (tertiary/aromatic N) is 4. The minimum atomic E-state index is 0.585. The Morgan fingerprint density at radius 1 is 1.30 bits per heavy atom. The number of halogens is 1. The number of aryl methyl sites for hydroxylation is 1. The van der Waals surface area contributed by atoms with Gasteiger partial charge in [-0.15, -0.1) is 0 Å². The summed E-state index contributed by atoms with van der Waals surface area (Å²) in [5.41, 5.74) is 3.28. The van der Waals surface area contributed by atoms with Crippen LogP contribution >= 0.6 is 11.6 Å². The molecule has 0 N–H and O–H groups in total. The van der Waals surface area contributed by atoms with Crippen molar-refractivity contribution >= 4 is 22.8 Å². The Labute approximate surface area is 140 Å². The summed E-state index contributed by atoms with van der Waals surface area (Å²) in [7, 11) is 0. The highest BCUT2D eigenvalue weighted by molar-refractivity contribution is 6.31. The lowest BCUT2D eigenvalue weighted by Gasteiger charge is -2.10. The number of hydrogen-bond donors (Lipinski definition) is 0. The van der Waals surface area contributed by atoms with Crippen molar-refractivity contribution in [3.8, 4) is 6.07 Å². The van der Waals surface area contributed by atoms with Crippen LogP contribution in [0.3, 0.4) is 0 Å². The second-order valence-electron chi connectivity index (χ2n) is 5.48. The van der Waals surface area contributed by atoms with Crippen molar-refractivity contribution in [3.05, 3.63) is 58.5 Å². The average molecular weight is 325 g/mol. The molecule has 0 aliphatic carbocycles. The van der Waals surface area contributed by atoms with E-state index in [2.05, 4.69) is 22.5 Å². The van der Waals surface area contributed by atoms with E-state index in [1.54, 1.807) is 6.20 Å². The summed E-state index contributed by atoms with van der Waals surface area (Å²) in [5.74, 6) is 0.990. The minimum Gasteiger partial charge on any atom is -0.308 e. The molecule has 3 rings (SSSR count). The number of hydrogen-bond acceptors (Lipinski definition) is 3.